The third-order valence-corrected chi connectivity index (χ3v) is 5.70. The predicted octanol–water partition coefficient (Wildman–Crippen LogP) is 4.47. The van der Waals surface area contributed by atoms with E-state index in [1.807, 2.05) is 23.1 Å². The number of rotatable bonds is 4. The molecule has 6 heteroatoms. The molecule has 2 aromatic carbocycles. The normalized spacial score (nSPS) is 17.8. The summed E-state index contributed by atoms with van der Waals surface area (Å²) in [6.45, 7) is 4.60. The fourth-order valence-corrected chi connectivity index (χ4v) is 4.05. The number of halogens is 3. The average molecular weight is 388 g/mol. The van der Waals surface area contributed by atoms with Crippen LogP contribution in [0.3, 0.4) is 0 Å². The third-order valence-electron chi connectivity index (χ3n) is 5.70. The molecule has 148 valence electrons. The van der Waals surface area contributed by atoms with Crippen molar-refractivity contribution in [2.75, 3.05) is 32.7 Å². The highest BCUT2D eigenvalue weighted by atomic mass is 19.4. The quantitative estimate of drug-likeness (QED) is 0.772. The summed E-state index contributed by atoms with van der Waals surface area (Å²) in [4.78, 5) is 17.1. The minimum Gasteiger partial charge on any atom is -0.337 e. The van der Waals surface area contributed by atoms with Gasteiger partial charge in [-0.2, -0.15) is 13.2 Å². The Bertz CT molecular complexity index is 855. The van der Waals surface area contributed by atoms with E-state index >= 15 is 0 Å². The standard InChI is InChI=1S/C22H23F3N2O/c23-22(24,25)19-6-3-16(4-7-19)17-5-8-20-18(15-17)9-12-27(21(20)28)14-13-26-10-1-2-11-26/h3-8,15H,1-2,9-14H2. The Hall–Kier alpha value is -2.34. The van der Waals surface area contributed by atoms with Crippen LogP contribution < -0.4 is 0 Å². The van der Waals surface area contributed by atoms with Crippen LogP contribution in [-0.4, -0.2) is 48.4 Å². The van der Waals surface area contributed by atoms with Crippen LogP contribution in [0.2, 0.25) is 0 Å². The first-order chi connectivity index (χ1) is 13.4. The third kappa shape index (κ3) is 3.92. The second-order valence-corrected chi connectivity index (χ2v) is 7.54. The number of benzene rings is 2. The molecule has 0 saturated carbocycles. The van der Waals surface area contributed by atoms with Gasteiger partial charge in [-0.25, -0.2) is 0 Å². The van der Waals surface area contributed by atoms with Crippen molar-refractivity contribution >= 4 is 5.91 Å². The number of hydrogen-bond donors (Lipinski definition) is 0. The lowest BCUT2D eigenvalue weighted by molar-refractivity contribution is -0.137. The summed E-state index contributed by atoms with van der Waals surface area (Å²) in [5.41, 5.74) is 2.59. The lowest BCUT2D eigenvalue weighted by atomic mass is 9.93. The number of likely N-dealkylation sites (tertiary alicyclic amines) is 1. The van der Waals surface area contributed by atoms with E-state index in [-0.39, 0.29) is 5.91 Å². The van der Waals surface area contributed by atoms with Crippen molar-refractivity contribution in [2.24, 2.45) is 0 Å². The molecule has 3 nitrogen and oxygen atoms in total. The second-order valence-electron chi connectivity index (χ2n) is 7.54. The smallest absolute Gasteiger partial charge is 0.337 e. The molecule has 1 saturated heterocycles. The maximum atomic E-state index is 12.8. The average Bonchev–Trinajstić information content (AvgIpc) is 3.20. The Labute approximate surface area is 162 Å². The molecule has 2 aromatic rings. The van der Waals surface area contributed by atoms with Crippen LogP contribution in [0.15, 0.2) is 42.5 Å². The summed E-state index contributed by atoms with van der Waals surface area (Å²) in [6.07, 6.45) is -1.08. The van der Waals surface area contributed by atoms with Crippen LogP contribution in [0.4, 0.5) is 13.2 Å². The van der Waals surface area contributed by atoms with Crippen LogP contribution in [0, 0.1) is 0 Å². The van der Waals surface area contributed by atoms with E-state index in [0.29, 0.717) is 12.1 Å². The van der Waals surface area contributed by atoms with E-state index in [2.05, 4.69) is 4.90 Å². The number of alkyl halides is 3. The van der Waals surface area contributed by atoms with Crippen LogP contribution >= 0.6 is 0 Å². The molecule has 4 rings (SSSR count). The molecule has 0 bridgehead atoms. The maximum absolute atomic E-state index is 12.8. The van der Waals surface area contributed by atoms with Gasteiger partial charge in [0.1, 0.15) is 0 Å². The minimum atomic E-state index is -4.33. The zero-order valence-corrected chi connectivity index (χ0v) is 15.6. The molecule has 0 radical (unpaired) electrons. The van der Waals surface area contributed by atoms with Crippen molar-refractivity contribution in [3.8, 4) is 11.1 Å². The van der Waals surface area contributed by atoms with Gasteiger partial charge in [0, 0.05) is 25.2 Å². The van der Waals surface area contributed by atoms with E-state index in [0.717, 1.165) is 61.4 Å². The molecule has 2 aliphatic heterocycles. The monoisotopic (exact) mass is 388 g/mol. The number of carbonyl (C=O) groups excluding carboxylic acids is 1. The summed E-state index contributed by atoms with van der Waals surface area (Å²) >= 11 is 0. The Balaban J connectivity index is 1.48. The van der Waals surface area contributed by atoms with Crippen molar-refractivity contribution < 1.29 is 18.0 Å². The molecule has 0 atom stereocenters. The van der Waals surface area contributed by atoms with Gasteiger partial charge in [0.25, 0.3) is 5.91 Å². The van der Waals surface area contributed by atoms with Gasteiger partial charge in [0.15, 0.2) is 0 Å². The van der Waals surface area contributed by atoms with Gasteiger partial charge in [-0.3, -0.25) is 4.79 Å². The van der Waals surface area contributed by atoms with Gasteiger partial charge in [0.05, 0.1) is 5.56 Å². The van der Waals surface area contributed by atoms with E-state index in [4.69, 9.17) is 0 Å². The Kier molecular flexibility index (Phi) is 5.15. The van der Waals surface area contributed by atoms with Gasteiger partial charge in [-0.05, 0) is 67.2 Å². The highest BCUT2D eigenvalue weighted by Gasteiger charge is 2.30. The maximum Gasteiger partial charge on any atom is 0.416 e. The van der Waals surface area contributed by atoms with Crippen molar-refractivity contribution in [3.05, 3.63) is 59.2 Å². The van der Waals surface area contributed by atoms with E-state index in [9.17, 15) is 18.0 Å². The zero-order valence-electron chi connectivity index (χ0n) is 15.6. The van der Waals surface area contributed by atoms with Crippen LogP contribution in [-0.2, 0) is 12.6 Å². The molecule has 28 heavy (non-hydrogen) atoms. The Morgan fingerprint density at radius 1 is 0.857 bits per heavy atom. The van der Waals surface area contributed by atoms with Crippen LogP contribution in [0.1, 0.15) is 34.3 Å². The van der Waals surface area contributed by atoms with Gasteiger partial charge in [-0.15, -0.1) is 0 Å². The highest BCUT2D eigenvalue weighted by molar-refractivity contribution is 5.97. The fraction of sp³-hybridized carbons (Fsp3) is 0.409. The van der Waals surface area contributed by atoms with Crippen molar-refractivity contribution in [1.29, 1.82) is 0 Å². The van der Waals surface area contributed by atoms with Gasteiger partial charge >= 0.3 is 6.18 Å². The molecule has 0 N–H and O–H groups in total. The molecule has 0 aliphatic carbocycles. The van der Waals surface area contributed by atoms with E-state index in [1.165, 1.54) is 25.0 Å². The molecule has 2 aliphatic rings. The number of carbonyl (C=O) groups is 1. The van der Waals surface area contributed by atoms with Crippen LogP contribution in [0.5, 0.6) is 0 Å². The summed E-state index contributed by atoms with van der Waals surface area (Å²) in [5, 5.41) is 0. The lowest BCUT2D eigenvalue weighted by Gasteiger charge is -2.30. The predicted molar refractivity (Wildman–Crippen MR) is 102 cm³/mol. The topological polar surface area (TPSA) is 23.6 Å². The van der Waals surface area contributed by atoms with Crippen molar-refractivity contribution in [3.63, 3.8) is 0 Å². The second kappa shape index (κ2) is 7.59. The molecule has 1 fully saturated rings. The fourth-order valence-electron chi connectivity index (χ4n) is 4.05. The number of hydrogen-bond acceptors (Lipinski definition) is 2. The molecular weight excluding hydrogens is 365 g/mol. The molecule has 0 unspecified atom stereocenters. The van der Waals surface area contributed by atoms with E-state index < -0.39 is 11.7 Å². The number of amides is 1. The largest absolute Gasteiger partial charge is 0.416 e. The van der Waals surface area contributed by atoms with Crippen LogP contribution in [0.25, 0.3) is 11.1 Å². The van der Waals surface area contributed by atoms with Gasteiger partial charge in [0.2, 0.25) is 0 Å². The van der Waals surface area contributed by atoms with Gasteiger partial charge in [-0.1, -0.05) is 24.3 Å². The Morgan fingerprint density at radius 3 is 2.21 bits per heavy atom. The first-order valence-electron chi connectivity index (χ1n) is 9.74. The summed E-state index contributed by atoms with van der Waals surface area (Å²) in [5.74, 6) is 0.0550. The van der Waals surface area contributed by atoms with Gasteiger partial charge < -0.3 is 9.80 Å². The molecule has 1 amide bonds. The number of nitrogens with zero attached hydrogens (tertiary/aromatic N) is 2. The summed E-state index contributed by atoms with van der Waals surface area (Å²) in [6, 6.07) is 10.7. The first kappa shape index (κ1) is 19.0. The summed E-state index contributed by atoms with van der Waals surface area (Å²) in [7, 11) is 0. The van der Waals surface area contributed by atoms with Crippen molar-refractivity contribution in [2.45, 2.75) is 25.4 Å². The van der Waals surface area contributed by atoms with E-state index in [1.54, 1.807) is 0 Å². The molecule has 2 heterocycles. The highest BCUT2D eigenvalue weighted by Crippen LogP contribution is 2.32. The lowest BCUT2D eigenvalue weighted by Crippen LogP contribution is -2.42. The SMILES string of the molecule is O=C1c2ccc(-c3ccc(C(F)(F)F)cc3)cc2CCN1CCN1CCCC1. The molecule has 0 aromatic heterocycles. The summed E-state index contributed by atoms with van der Waals surface area (Å²) < 4.78 is 38.2. The first-order valence-corrected chi connectivity index (χ1v) is 9.74. The molecular formula is C22H23F3N2O. The zero-order chi connectivity index (χ0) is 19.7. The number of fused-ring (bicyclic) bond motifs is 1. The molecule has 0 spiro atoms. The van der Waals surface area contributed by atoms with Crippen molar-refractivity contribution in [1.82, 2.24) is 9.80 Å². The Morgan fingerprint density at radius 2 is 1.54 bits per heavy atom. The minimum absolute atomic E-state index is 0.0550.